The third-order valence-corrected chi connectivity index (χ3v) is 3.50. The van der Waals surface area contributed by atoms with E-state index in [1.807, 2.05) is 24.3 Å². The maximum Gasteiger partial charge on any atom is 0.303 e. The topological polar surface area (TPSA) is 75.6 Å². The number of carboxylic acid groups (broad SMARTS) is 1. The highest BCUT2D eigenvalue weighted by Gasteiger charge is 2.18. The number of hydrogen-bond acceptors (Lipinski definition) is 3. The number of nitrogens with one attached hydrogen (secondary N) is 1. The van der Waals surface area contributed by atoms with E-state index in [0.717, 1.165) is 11.3 Å². The minimum atomic E-state index is -0.821. The first-order valence-corrected chi connectivity index (χ1v) is 7.59. The van der Waals surface area contributed by atoms with Crippen molar-refractivity contribution >= 4 is 11.9 Å². The lowest BCUT2D eigenvalue weighted by atomic mass is 9.95. The zero-order valence-electron chi connectivity index (χ0n) is 13.5. The number of amides is 1. The first kappa shape index (κ1) is 18.0. The van der Waals surface area contributed by atoms with Crippen LogP contribution in [0.3, 0.4) is 0 Å². The first-order valence-electron chi connectivity index (χ1n) is 7.59. The lowest BCUT2D eigenvalue weighted by Gasteiger charge is -2.23. The second-order valence-electron chi connectivity index (χ2n) is 5.66. The van der Waals surface area contributed by atoms with Gasteiger partial charge >= 0.3 is 5.97 Å². The maximum atomic E-state index is 12.0. The molecule has 0 saturated carbocycles. The second-order valence-corrected chi connectivity index (χ2v) is 5.66. The minimum Gasteiger partial charge on any atom is -0.497 e. The lowest BCUT2D eigenvalue weighted by Crippen LogP contribution is -2.31. The average Bonchev–Trinajstić information content (AvgIpc) is 2.49. The third kappa shape index (κ3) is 6.16. The van der Waals surface area contributed by atoms with Crippen LogP contribution in [-0.4, -0.2) is 24.1 Å². The number of ether oxygens (including phenoxy) is 1. The molecule has 5 heteroatoms. The molecule has 1 aromatic rings. The van der Waals surface area contributed by atoms with Crippen molar-refractivity contribution in [2.75, 3.05) is 7.11 Å². The first-order chi connectivity index (χ1) is 10.4. The molecule has 1 rings (SSSR count). The molecule has 1 unspecified atom stereocenters. The number of benzene rings is 1. The molecule has 0 fully saturated rings. The van der Waals surface area contributed by atoms with E-state index in [-0.39, 0.29) is 24.3 Å². The second kappa shape index (κ2) is 9.07. The Morgan fingerprint density at radius 1 is 1.14 bits per heavy atom. The van der Waals surface area contributed by atoms with Gasteiger partial charge in [-0.2, -0.15) is 0 Å². The van der Waals surface area contributed by atoms with Gasteiger partial charge in [0.2, 0.25) is 5.91 Å². The van der Waals surface area contributed by atoms with E-state index in [0.29, 0.717) is 19.3 Å². The summed E-state index contributed by atoms with van der Waals surface area (Å²) >= 11 is 0. The van der Waals surface area contributed by atoms with Crippen LogP contribution in [0.15, 0.2) is 24.3 Å². The van der Waals surface area contributed by atoms with E-state index in [2.05, 4.69) is 19.2 Å². The molecule has 0 bridgehead atoms. The molecule has 0 aromatic heterocycles. The van der Waals surface area contributed by atoms with Crippen LogP contribution in [0.1, 0.15) is 51.1 Å². The van der Waals surface area contributed by atoms with E-state index in [4.69, 9.17) is 9.84 Å². The van der Waals surface area contributed by atoms with Gasteiger partial charge in [0.1, 0.15) is 5.75 Å². The van der Waals surface area contributed by atoms with Crippen LogP contribution in [0.5, 0.6) is 5.75 Å². The number of aliphatic carboxylic acids is 1. The zero-order chi connectivity index (χ0) is 16.5. The maximum absolute atomic E-state index is 12.0. The predicted molar refractivity (Wildman–Crippen MR) is 84.8 cm³/mol. The highest BCUT2D eigenvalue weighted by molar-refractivity contribution is 5.76. The summed E-state index contributed by atoms with van der Waals surface area (Å²) < 4.78 is 5.14. The van der Waals surface area contributed by atoms with Gasteiger partial charge in [0.05, 0.1) is 13.2 Å². The molecule has 1 aromatic carbocycles. The van der Waals surface area contributed by atoms with Crippen LogP contribution < -0.4 is 10.1 Å². The molecule has 1 amide bonds. The van der Waals surface area contributed by atoms with Gasteiger partial charge in [-0.3, -0.25) is 9.59 Å². The van der Waals surface area contributed by atoms with Crippen molar-refractivity contribution in [3.05, 3.63) is 29.8 Å². The highest BCUT2D eigenvalue weighted by atomic mass is 16.5. The number of carbonyl (C=O) groups is 2. The Kier molecular flexibility index (Phi) is 7.43. The van der Waals surface area contributed by atoms with E-state index in [9.17, 15) is 9.59 Å². The van der Waals surface area contributed by atoms with Crippen LogP contribution in [0.25, 0.3) is 0 Å². The molecule has 5 nitrogen and oxygen atoms in total. The Morgan fingerprint density at radius 2 is 1.73 bits per heavy atom. The fourth-order valence-corrected chi connectivity index (χ4v) is 2.25. The van der Waals surface area contributed by atoms with Crippen molar-refractivity contribution in [3.63, 3.8) is 0 Å². The summed E-state index contributed by atoms with van der Waals surface area (Å²) in [5, 5.41) is 11.6. The molecule has 0 aliphatic heterocycles. The standard InChI is InChI=1S/C17H25NO4/c1-12(2)17(13-8-10-14(22-3)11-9-13)18-15(19)6-4-5-7-16(20)21/h8-12,17H,4-7H2,1-3H3,(H,18,19)(H,20,21). The van der Waals surface area contributed by atoms with Gasteiger partial charge in [0.15, 0.2) is 0 Å². The van der Waals surface area contributed by atoms with Crippen molar-refractivity contribution in [1.29, 1.82) is 0 Å². The van der Waals surface area contributed by atoms with E-state index in [1.54, 1.807) is 7.11 Å². The molecule has 22 heavy (non-hydrogen) atoms. The van der Waals surface area contributed by atoms with Crippen LogP contribution in [0.2, 0.25) is 0 Å². The van der Waals surface area contributed by atoms with E-state index in [1.165, 1.54) is 0 Å². The average molecular weight is 307 g/mol. The normalized spacial score (nSPS) is 12.0. The molecule has 0 aliphatic rings. The van der Waals surface area contributed by atoms with Gasteiger partial charge in [-0.1, -0.05) is 26.0 Å². The van der Waals surface area contributed by atoms with Crippen molar-refractivity contribution in [3.8, 4) is 5.75 Å². The number of rotatable bonds is 9. The van der Waals surface area contributed by atoms with Gasteiger partial charge in [0.25, 0.3) is 0 Å². The monoisotopic (exact) mass is 307 g/mol. The molecule has 0 radical (unpaired) electrons. The Labute approximate surface area is 131 Å². The number of methoxy groups -OCH3 is 1. The van der Waals surface area contributed by atoms with Gasteiger partial charge in [0, 0.05) is 12.8 Å². The molecule has 0 spiro atoms. The molecular weight excluding hydrogens is 282 g/mol. The zero-order valence-corrected chi connectivity index (χ0v) is 13.5. The number of carbonyl (C=O) groups excluding carboxylic acids is 1. The number of hydrogen-bond donors (Lipinski definition) is 2. The summed E-state index contributed by atoms with van der Waals surface area (Å²) in [6, 6.07) is 7.61. The molecule has 0 aliphatic carbocycles. The van der Waals surface area contributed by atoms with Crippen molar-refractivity contribution in [2.45, 2.75) is 45.6 Å². The predicted octanol–water partition coefficient (Wildman–Crippen LogP) is 3.15. The Hall–Kier alpha value is -2.04. The summed E-state index contributed by atoms with van der Waals surface area (Å²) in [6.07, 6.45) is 1.58. The number of carboxylic acids is 1. The van der Waals surface area contributed by atoms with Crippen molar-refractivity contribution < 1.29 is 19.4 Å². The van der Waals surface area contributed by atoms with Gasteiger partial charge < -0.3 is 15.2 Å². The van der Waals surface area contributed by atoms with E-state index < -0.39 is 5.97 Å². The summed E-state index contributed by atoms with van der Waals surface area (Å²) in [4.78, 5) is 22.5. The fraction of sp³-hybridized carbons (Fsp3) is 0.529. The fourth-order valence-electron chi connectivity index (χ4n) is 2.25. The minimum absolute atomic E-state index is 0.0418. The SMILES string of the molecule is COc1ccc(C(NC(=O)CCCCC(=O)O)C(C)C)cc1. The number of unbranched alkanes of at least 4 members (excludes halogenated alkanes) is 1. The summed E-state index contributed by atoms with van der Waals surface area (Å²) in [7, 11) is 1.62. The molecule has 1 atom stereocenters. The molecule has 2 N–H and O–H groups in total. The summed E-state index contributed by atoms with van der Waals surface area (Å²) in [6.45, 7) is 4.11. The Balaban J connectivity index is 2.56. The summed E-state index contributed by atoms with van der Waals surface area (Å²) in [5.41, 5.74) is 1.04. The van der Waals surface area contributed by atoms with Crippen LogP contribution >= 0.6 is 0 Å². The molecule has 0 saturated heterocycles. The third-order valence-electron chi connectivity index (χ3n) is 3.50. The van der Waals surface area contributed by atoms with Crippen molar-refractivity contribution in [1.82, 2.24) is 5.32 Å². The van der Waals surface area contributed by atoms with E-state index >= 15 is 0 Å². The molecule has 0 heterocycles. The quantitative estimate of drug-likeness (QED) is 0.687. The summed E-state index contributed by atoms with van der Waals surface area (Å²) in [5.74, 6) is 0.182. The van der Waals surface area contributed by atoms with Crippen LogP contribution in [-0.2, 0) is 9.59 Å². The van der Waals surface area contributed by atoms with Gasteiger partial charge in [-0.05, 0) is 36.5 Å². The lowest BCUT2D eigenvalue weighted by molar-refractivity contribution is -0.137. The van der Waals surface area contributed by atoms with Crippen LogP contribution in [0.4, 0.5) is 0 Å². The smallest absolute Gasteiger partial charge is 0.303 e. The largest absolute Gasteiger partial charge is 0.497 e. The Bertz CT molecular complexity index is 482. The Morgan fingerprint density at radius 3 is 2.23 bits per heavy atom. The molecule has 122 valence electrons. The van der Waals surface area contributed by atoms with Crippen LogP contribution in [0, 0.1) is 5.92 Å². The van der Waals surface area contributed by atoms with Gasteiger partial charge in [-0.15, -0.1) is 0 Å². The highest BCUT2D eigenvalue weighted by Crippen LogP contribution is 2.24. The molecular formula is C17H25NO4. The van der Waals surface area contributed by atoms with Gasteiger partial charge in [-0.25, -0.2) is 0 Å². The van der Waals surface area contributed by atoms with Crippen molar-refractivity contribution in [2.24, 2.45) is 5.92 Å².